The van der Waals surface area contributed by atoms with E-state index in [1.807, 2.05) is 38.4 Å². The van der Waals surface area contributed by atoms with Crippen LogP contribution in [-0.4, -0.2) is 45.6 Å². The monoisotopic (exact) mass is 642 g/mol. The lowest BCUT2D eigenvalue weighted by molar-refractivity contribution is 0.0877. The fourth-order valence-corrected chi connectivity index (χ4v) is 5.56. The Kier molecular flexibility index (Phi) is 14.1. The standard InChI is InChI=1S/C40H54N2O5/c1-12-26(5)17-28(7)23-41-34-21-38(36(44-10)19-32(34)25(3)4)46-15-14-16-47-39-22-35-33(20-37(39)45-11)40(43)30(9)29(8)31(24-42-35)18-27(6)13-2/h19-24,28-31H,3,5-6,12-18H2,1-2,4,7-11H3/b41-23-,42-24-/t28-,29?,30?,31-/m0/s1. The molecule has 4 atom stereocenters. The summed E-state index contributed by atoms with van der Waals surface area (Å²) in [6.45, 7) is 25.6. The fourth-order valence-electron chi connectivity index (χ4n) is 5.56. The quantitative estimate of drug-likeness (QED) is 0.0975. The summed E-state index contributed by atoms with van der Waals surface area (Å²) in [6.07, 6.45) is 8.11. The summed E-state index contributed by atoms with van der Waals surface area (Å²) < 4.78 is 23.6. The van der Waals surface area contributed by atoms with Crippen LogP contribution in [0.3, 0.4) is 0 Å². The number of aliphatic imine (C=N–C) groups is 2. The fraction of sp³-hybridized carbons (Fsp3) is 0.475. The molecule has 7 nitrogen and oxygen atoms in total. The van der Waals surface area contributed by atoms with Crippen molar-refractivity contribution in [3.63, 3.8) is 0 Å². The molecule has 0 aromatic heterocycles. The van der Waals surface area contributed by atoms with Crippen molar-refractivity contribution in [3.05, 3.63) is 66.3 Å². The summed E-state index contributed by atoms with van der Waals surface area (Å²) in [6, 6.07) is 7.38. The van der Waals surface area contributed by atoms with Crippen LogP contribution in [0.1, 0.15) is 89.6 Å². The molecule has 47 heavy (non-hydrogen) atoms. The van der Waals surface area contributed by atoms with Gasteiger partial charge >= 0.3 is 0 Å². The second-order valence-corrected chi connectivity index (χ2v) is 12.7. The third-order valence-electron chi connectivity index (χ3n) is 8.98. The summed E-state index contributed by atoms with van der Waals surface area (Å²) in [4.78, 5) is 23.1. The lowest BCUT2D eigenvalue weighted by Crippen LogP contribution is -2.28. The molecule has 3 rings (SSSR count). The Balaban J connectivity index is 1.74. The van der Waals surface area contributed by atoms with Crippen molar-refractivity contribution in [1.82, 2.24) is 0 Å². The van der Waals surface area contributed by atoms with Crippen molar-refractivity contribution in [2.24, 2.45) is 33.7 Å². The maximum Gasteiger partial charge on any atom is 0.168 e. The lowest BCUT2D eigenvalue weighted by atomic mass is 9.77. The van der Waals surface area contributed by atoms with Gasteiger partial charge in [0.25, 0.3) is 0 Å². The number of allylic oxidation sites excluding steroid dienone is 3. The van der Waals surface area contributed by atoms with Gasteiger partial charge in [-0.1, -0.05) is 65.5 Å². The molecule has 0 aliphatic carbocycles. The van der Waals surface area contributed by atoms with E-state index in [9.17, 15) is 4.79 Å². The van der Waals surface area contributed by atoms with Crippen LogP contribution in [0.4, 0.5) is 11.4 Å². The van der Waals surface area contributed by atoms with Gasteiger partial charge < -0.3 is 18.9 Å². The Bertz CT molecular complexity index is 1500. The first-order chi connectivity index (χ1) is 22.4. The lowest BCUT2D eigenvalue weighted by Gasteiger charge is -2.28. The Morgan fingerprint density at radius 3 is 2.15 bits per heavy atom. The molecule has 1 heterocycles. The van der Waals surface area contributed by atoms with Gasteiger partial charge in [0.1, 0.15) is 0 Å². The zero-order valence-corrected chi connectivity index (χ0v) is 29.8. The van der Waals surface area contributed by atoms with Gasteiger partial charge in [-0.25, -0.2) is 0 Å². The molecule has 0 fully saturated rings. The molecule has 0 bridgehead atoms. The van der Waals surface area contributed by atoms with Crippen molar-refractivity contribution in [1.29, 1.82) is 0 Å². The van der Waals surface area contributed by atoms with E-state index in [4.69, 9.17) is 28.9 Å². The number of methoxy groups -OCH3 is 2. The summed E-state index contributed by atoms with van der Waals surface area (Å²) in [7, 11) is 3.20. The van der Waals surface area contributed by atoms with Crippen LogP contribution in [0.5, 0.6) is 23.0 Å². The molecule has 2 unspecified atom stereocenters. The van der Waals surface area contributed by atoms with Crippen molar-refractivity contribution in [2.75, 3.05) is 27.4 Å². The Morgan fingerprint density at radius 2 is 1.55 bits per heavy atom. The van der Waals surface area contributed by atoms with Gasteiger partial charge in [-0.2, -0.15) is 0 Å². The molecule has 0 N–H and O–H groups in total. The largest absolute Gasteiger partial charge is 0.493 e. The van der Waals surface area contributed by atoms with Gasteiger partial charge in [0, 0.05) is 53.9 Å². The smallest absolute Gasteiger partial charge is 0.168 e. The van der Waals surface area contributed by atoms with Crippen molar-refractivity contribution < 1.29 is 23.7 Å². The Hall–Kier alpha value is -4.13. The number of hydrogen-bond acceptors (Lipinski definition) is 7. The Labute approximate surface area is 282 Å². The van der Waals surface area contributed by atoms with Gasteiger partial charge in [0.05, 0.1) is 38.8 Å². The van der Waals surface area contributed by atoms with Crippen LogP contribution in [0.15, 0.2) is 65.1 Å². The molecule has 254 valence electrons. The van der Waals surface area contributed by atoms with Gasteiger partial charge in [-0.15, -0.1) is 0 Å². The summed E-state index contributed by atoms with van der Waals surface area (Å²) in [5, 5.41) is 0. The van der Waals surface area contributed by atoms with Crippen LogP contribution in [0, 0.1) is 23.7 Å². The summed E-state index contributed by atoms with van der Waals surface area (Å²) in [5.41, 5.74) is 6.09. The van der Waals surface area contributed by atoms with Gasteiger partial charge in [-0.05, 0) is 62.1 Å². The van der Waals surface area contributed by atoms with E-state index in [1.165, 1.54) is 5.57 Å². The minimum absolute atomic E-state index is 0.0610. The first kappa shape index (κ1) is 37.3. The van der Waals surface area contributed by atoms with Crippen molar-refractivity contribution in [3.8, 4) is 23.0 Å². The van der Waals surface area contributed by atoms with Crippen LogP contribution >= 0.6 is 0 Å². The highest BCUT2D eigenvalue weighted by Crippen LogP contribution is 2.41. The normalized spacial score (nSPS) is 18.9. The van der Waals surface area contributed by atoms with E-state index in [-0.39, 0.29) is 29.5 Å². The average molecular weight is 643 g/mol. The van der Waals surface area contributed by atoms with E-state index in [1.54, 1.807) is 26.4 Å². The first-order valence-electron chi connectivity index (χ1n) is 16.7. The SMILES string of the molecule is C=C(CC)C[C@H](C)/C=N\c1cc(OCCCOc2cc3c(cc2OC)C(=O)C(C)C(C)[C@@H](CC(=C)CC)/C=N\3)c(OC)cc1C(=C)C. The van der Waals surface area contributed by atoms with Crippen LogP contribution in [0.25, 0.3) is 5.57 Å². The van der Waals surface area contributed by atoms with Gasteiger partial charge in [0.15, 0.2) is 28.8 Å². The third kappa shape index (κ3) is 9.93. The number of benzene rings is 2. The van der Waals surface area contributed by atoms with E-state index < -0.39 is 0 Å². The molecule has 7 heteroatoms. The average Bonchev–Trinajstić information content (AvgIpc) is 3.06. The Morgan fingerprint density at radius 1 is 0.936 bits per heavy atom. The number of fused-ring (bicyclic) bond motifs is 1. The number of nitrogens with zero attached hydrogens (tertiary/aromatic N) is 2. The van der Waals surface area contributed by atoms with Crippen LogP contribution < -0.4 is 18.9 Å². The van der Waals surface area contributed by atoms with Crippen molar-refractivity contribution >= 4 is 35.2 Å². The molecule has 0 radical (unpaired) electrons. The number of carbonyl (C=O) groups excluding carboxylic acids is 1. The third-order valence-corrected chi connectivity index (χ3v) is 8.98. The number of ketones is 1. The van der Waals surface area contributed by atoms with Crippen LogP contribution in [-0.2, 0) is 0 Å². The van der Waals surface area contributed by atoms with E-state index in [2.05, 4.69) is 47.4 Å². The van der Waals surface area contributed by atoms with Crippen molar-refractivity contribution in [2.45, 2.75) is 73.6 Å². The predicted molar refractivity (Wildman–Crippen MR) is 196 cm³/mol. The van der Waals surface area contributed by atoms with E-state index in [0.29, 0.717) is 53.9 Å². The zero-order valence-electron chi connectivity index (χ0n) is 29.8. The molecular weight excluding hydrogens is 588 g/mol. The molecule has 1 aliphatic rings. The molecule has 2 aromatic rings. The maximum absolute atomic E-state index is 13.5. The highest BCUT2D eigenvalue weighted by Gasteiger charge is 2.31. The summed E-state index contributed by atoms with van der Waals surface area (Å²) >= 11 is 0. The number of carbonyl (C=O) groups is 1. The zero-order chi connectivity index (χ0) is 34.7. The molecule has 1 aliphatic heterocycles. The minimum Gasteiger partial charge on any atom is -0.493 e. The topological polar surface area (TPSA) is 78.7 Å². The summed E-state index contributed by atoms with van der Waals surface area (Å²) in [5.74, 6) is 2.68. The second-order valence-electron chi connectivity index (χ2n) is 12.7. The molecule has 2 aromatic carbocycles. The van der Waals surface area contributed by atoms with E-state index in [0.717, 1.165) is 48.1 Å². The maximum atomic E-state index is 13.5. The predicted octanol–water partition coefficient (Wildman–Crippen LogP) is 10.4. The number of hydrogen-bond donors (Lipinski definition) is 0. The highest BCUT2D eigenvalue weighted by molar-refractivity contribution is 6.04. The number of Topliss-reactive ketones (excluding diaryl/α,β-unsaturated/α-hetero) is 1. The molecule has 0 amide bonds. The van der Waals surface area contributed by atoms with E-state index >= 15 is 0 Å². The molecule has 0 spiro atoms. The highest BCUT2D eigenvalue weighted by atomic mass is 16.5. The number of ether oxygens (including phenoxy) is 4. The number of rotatable bonds is 17. The molecular formula is C40H54N2O5. The molecule has 0 saturated heterocycles. The second kappa shape index (κ2) is 17.7. The minimum atomic E-state index is -0.166. The molecule has 0 saturated carbocycles. The van der Waals surface area contributed by atoms with Gasteiger partial charge in [0.2, 0.25) is 0 Å². The first-order valence-corrected chi connectivity index (χ1v) is 16.7. The van der Waals surface area contributed by atoms with Crippen LogP contribution in [0.2, 0.25) is 0 Å². The van der Waals surface area contributed by atoms with Gasteiger partial charge in [-0.3, -0.25) is 14.8 Å².